The number of nitrogens with zero attached hydrogens (tertiary/aromatic N) is 3. The Morgan fingerprint density at radius 1 is 1.41 bits per heavy atom. The zero-order chi connectivity index (χ0) is 19.0. The molecule has 2 aromatic rings. The van der Waals surface area contributed by atoms with Crippen LogP contribution in [-0.4, -0.2) is 58.7 Å². The van der Waals surface area contributed by atoms with Crippen molar-refractivity contribution < 1.29 is 9.69 Å². The minimum atomic E-state index is -0.107. The number of aryl methyl sites for hydroxylation is 1. The molecule has 0 bridgehead atoms. The van der Waals surface area contributed by atoms with E-state index < -0.39 is 0 Å². The van der Waals surface area contributed by atoms with E-state index in [0.29, 0.717) is 0 Å². The molecule has 1 saturated heterocycles. The van der Waals surface area contributed by atoms with Gasteiger partial charge in [-0.15, -0.1) is 11.3 Å². The fraction of sp³-hybridized carbons (Fsp3) is 0.650. The van der Waals surface area contributed by atoms with Gasteiger partial charge >= 0.3 is 0 Å². The van der Waals surface area contributed by atoms with Crippen LogP contribution in [0.5, 0.6) is 0 Å². The summed E-state index contributed by atoms with van der Waals surface area (Å²) < 4.78 is 0. The number of quaternary nitrogens is 1. The van der Waals surface area contributed by atoms with Crippen molar-refractivity contribution in [3.63, 3.8) is 0 Å². The number of likely N-dealkylation sites (N-methyl/N-ethyl adjacent to an activating group) is 1. The number of nitrogens with one attached hydrogen (secondary N) is 1. The Hall–Kier alpha value is -1.18. The lowest BCUT2D eigenvalue weighted by Gasteiger charge is -2.33. The van der Waals surface area contributed by atoms with Crippen molar-refractivity contribution in [1.29, 1.82) is 0 Å². The second kappa shape index (κ2) is 8.05. The first-order valence-corrected chi connectivity index (χ1v) is 11.8. The molecule has 1 fully saturated rings. The summed E-state index contributed by atoms with van der Waals surface area (Å²) in [6.07, 6.45) is 5.16. The summed E-state index contributed by atoms with van der Waals surface area (Å²) in [5.41, 5.74) is 1.44. The molecule has 5 nitrogen and oxygen atoms in total. The number of amides is 1. The molecule has 0 aromatic carbocycles. The van der Waals surface area contributed by atoms with Gasteiger partial charge in [-0.2, -0.15) is 0 Å². The molecule has 0 saturated carbocycles. The summed E-state index contributed by atoms with van der Waals surface area (Å²) in [6, 6.07) is 0. The molecule has 2 aliphatic rings. The number of aromatic nitrogens is 2. The van der Waals surface area contributed by atoms with E-state index in [-0.39, 0.29) is 11.2 Å². The molecule has 0 unspecified atom stereocenters. The average Bonchev–Trinajstić information content (AvgIpc) is 3.05. The van der Waals surface area contributed by atoms with Crippen molar-refractivity contribution in [2.75, 3.05) is 32.7 Å². The molecule has 1 aliphatic heterocycles. The molecule has 1 aliphatic carbocycles. The van der Waals surface area contributed by atoms with E-state index in [9.17, 15) is 4.79 Å². The Labute approximate surface area is 169 Å². The molecule has 3 heterocycles. The predicted octanol–water partition coefficient (Wildman–Crippen LogP) is 2.04. The van der Waals surface area contributed by atoms with Crippen molar-refractivity contribution in [2.45, 2.75) is 50.3 Å². The van der Waals surface area contributed by atoms with Gasteiger partial charge in [0.25, 0.3) is 0 Å². The van der Waals surface area contributed by atoms with E-state index in [2.05, 4.69) is 23.8 Å². The Bertz CT molecular complexity index is 829. The Kier molecular flexibility index (Phi) is 5.71. The molecule has 146 valence electrons. The normalized spacial score (nSPS) is 22.0. The number of piperazine rings is 1. The zero-order valence-electron chi connectivity index (χ0n) is 16.5. The number of rotatable bonds is 4. The van der Waals surface area contributed by atoms with Gasteiger partial charge in [0.05, 0.1) is 38.0 Å². The SMILES string of the molecule is CC[NH+]1CCN(C(=O)[C@H](C)Sc2ncnc3sc4c(c23)CC[C@@H](C)C4)CC1. The minimum absolute atomic E-state index is 0.107. The first-order valence-electron chi connectivity index (χ1n) is 10.1. The highest BCUT2D eigenvalue weighted by Gasteiger charge is 2.29. The van der Waals surface area contributed by atoms with Gasteiger partial charge in [-0.25, -0.2) is 9.97 Å². The minimum Gasteiger partial charge on any atom is -0.332 e. The van der Waals surface area contributed by atoms with Crippen molar-refractivity contribution in [3.05, 3.63) is 16.8 Å². The van der Waals surface area contributed by atoms with Crippen LogP contribution in [0.2, 0.25) is 0 Å². The molecular formula is C20H29N4OS2+. The maximum atomic E-state index is 13.0. The van der Waals surface area contributed by atoms with Gasteiger partial charge in [0, 0.05) is 10.3 Å². The third kappa shape index (κ3) is 3.87. The molecule has 2 atom stereocenters. The van der Waals surface area contributed by atoms with E-state index in [1.165, 1.54) is 22.2 Å². The molecule has 7 heteroatoms. The maximum absolute atomic E-state index is 13.0. The Morgan fingerprint density at radius 2 is 2.19 bits per heavy atom. The predicted molar refractivity (Wildman–Crippen MR) is 112 cm³/mol. The van der Waals surface area contributed by atoms with Crippen molar-refractivity contribution in [1.82, 2.24) is 14.9 Å². The zero-order valence-corrected chi connectivity index (χ0v) is 18.1. The van der Waals surface area contributed by atoms with Gasteiger partial charge in [0.1, 0.15) is 16.2 Å². The quantitative estimate of drug-likeness (QED) is 0.625. The third-order valence-corrected chi connectivity index (χ3v) is 8.23. The van der Waals surface area contributed by atoms with E-state index in [4.69, 9.17) is 0 Å². The van der Waals surface area contributed by atoms with Gasteiger partial charge < -0.3 is 9.80 Å². The van der Waals surface area contributed by atoms with Gasteiger partial charge in [-0.3, -0.25) is 4.79 Å². The fourth-order valence-electron chi connectivity index (χ4n) is 4.21. The number of carbonyl (C=O) groups is 1. The molecule has 0 spiro atoms. The van der Waals surface area contributed by atoms with E-state index >= 15 is 0 Å². The summed E-state index contributed by atoms with van der Waals surface area (Å²) in [6.45, 7) is 11.6. The standard InChI is InChI=1S/C20H28N4OS2/c1-4-23-7-9-24(10-8-23)20(25)14(3)26-18-17-15-6-5-13(2)11-16(15)27-19(17)22-12-21-18/h12-14H,4-11H2,1-3H3/p+1/t13-,14+/m1/s1. The van der Waals surface area contributed by atoms with Gasteiger partial charge in [-0.1, -0.05) is 18.7 Å². The van der Waals surface area contributed by atoms with E-state index in [1.54, 1.807) is 23.0 Å². The summed E-state index contributed by atoms with van der Waals surface area (Å²) in [5, 5.41) is 2.10. The lowest BCUT2D eigenvalue weighted by atomic mass is 9.89. The van der Waals surface area contributed by atoms with E-state index in [1.807, 2.05) is 23.2 Å². The second-order valence-electron chi connectivity index (χ2n) is 7.90. The molecular weight excluding hydrogens is 376 g/mol. The molecule has 27 heavy (non-hydrogen) atoms. The topological polar surface area (TPSA) is 50.5 Å². The maximum Gasteiger partial charge on any atom is 0.236 e. The smallest absolute Gasteiger partial charge is 0.236 e. The van der Waals surface area contributed by atoms with Crippen LogP contribution in [0.25, 0.3) is 10.2 Å². The molecule has 4 rings (SSSR count). The first kappa shape index (κ1) is 19.2. The van der Waals surface area contributed by atoms with Crippen LogP contribution in [0.15, 0.2) is 11.4 Å². The van der Waals surface area contributed by atoms with Crippen LogP contribution in [0.3, 0.4) is 0 Å². The van der Waals surface area contributed by atoms with Crippen LogP contribution in [-0.2, 0) is 17.6 Å². The Morgan fingerprint density at radius 3 is 2.93 bits per heavy atom. The van der Waals surface area contributed by atoms with Crippen molar-refractivity contribution in [2.24, 2.45) is 5.92 Å². The summed E-state index contributed by atoms with van der Waals surface area (Å²) in [7, 11) is 0. The highest BCUT2D eigenvalue weighted by atomic mass is 32.2. The van der Waals surface area contributed by atoms with Crippen LogP contribution < -0.4 is 4.90 Å². The molecule has 0 radical (unpaired) electrons. The lowest BCUT2D eigenvalue weighted by molar-refractivity contribution is -0.902. The number of thiophene rings is 1. The van der Waals surface area contributed by atoms with Gasteiger partial charge in [0.15, 0.2) is 0 Å². The summed E-state index contributed by atoms with van der Waals surface area (Å²) in [4.78, 5) is 28.3. The average molecular weight is 406 g/mol. The molecule has 1 N–H and O–H groups in total. The van der Waals surface area contributed by atoms with Crippen LogP contribution >= 0.6 is 23.1 Å². The summed E-state index contributed by atoms with van der Waals surface area (Å²) in [5.74, 6) is 0.999. The first-order chi connectivity index (χ1) is 13.1. The monoisotopic (exact) mass is 405 g/mol. The highest BCUT2D eigenvalue weighted by molar-refractivity contribution is 8.00. The van der Waals surface area contributed by atoms with Gasteiger partial charge in [0.2, 0.25) is 5.91 Å². The van der Waals surface area contributed by atoms with Crippen molar-refractivity contribution >= 4 is 39.2 Å². The number of hydrogen-bond donors (Lipinski definition) is 1. The number of hydrogen-bond acceptors (Lipinski definition) is 5. The second-order valence-corrected chi connectivity index (χ2v) is 10.3. The number of fused-ring (bicyclic) bond motifs is 3. The van der Waals surface area contributed by atoms with Crippen LogP contribution in [0, 0.1) is 5.92 Å². The third-order valence-electron chi connectivity index (χ3n) is 5.98. The number of carbonyl (C=O) groups excluding carboxylic acids is 1. The van der Waals surface area contributed by atoms with Crippen molar-refractivity contribution in [3.8, 4) is 0 Å². The fourth-order valence-corrected chi connectivity index (χ4v) is 6.65. The van der Waals surface area contributed by atoms with Gasteiger partial charge in [-0.05, 0) is 44.6 Å². The molecule has 1 amide bonds. The lowest BCUT2D eigenvalue weighted by Crippen LogP contribution is -3.14. The molecule has 2 aromatic heterocycles. The largest absolute Gasteiger partial charge is 0.332 e. The highest BCUT2D eigenvalue weighted by Crippen LogP contribution is 2.41. The van der Waals surface area contributed by atoms with E-state index in [0.717, 1.165) is 61.3 Å². The Balaban J connectivity index is 1.52. The summed E-state index contributed by atoms with van der Waals surface area (Å²) >= 11 is 3.44. The van der Waals surface area contributed by atoms with Crippen LogP contribution in [0.1, 0.15) is 37.6 Å². The van der Waals surface area contributed by atoms with Crippen LogP contribution in [0.4, 0.5) is 0 Å². The number of thioether (sulfide) groups is 1.